The summed E-state index contributed by atoms with van der Waals surface area (Å²) < 4.78 is 59.2. The Morgan fingerprint density at radius 3 is 1.76 bits per heavy atom. The summed E-state index contributed by atoms with van der Waals surface area (Å²) in [4.78, 5) is 25.3. The molecule has 0 aromatic carbocycles. The number of esters is 2. The van der Waals surface area contributed by atoms with Crippen LogP contribution >= 0.6 is 0 Å². The van der Waals surface area contributed by atoms with E-state index in [-0.39, 0.29) is 0 Å². The highest BCUT2D eigenvalue weighted by molar-refractivity contribution is 7.94. The normalized spacial score (nSPS) is 25.8. The van der Waals surface area contributed by atoms with Crippen LogP contribution < -0.4 is 0 Å². The molecule has 0 saturated heterocycles. The summed E-state index contributed by atoms with van der Waals surface area (Å²) in [6.45, 7) is 12.2. The zero-order valence-electron chi connectivity index (χ0n) is 18.9. The number of rotatable bonds is 6. The van der Waals surface area contributed by atoms with Crippen molar-refractivity contribution in [1.29, 1.82) is 0 Å². The van der Waals surface area contributed by atoms with Gasteiger partial charge < -0.3 is 9.47 Å². The van der Waals surface area contributed by atoms with Crippen molar-refractivity contribution in [2.24, 2.45) is 11.3 Å². The second kappa shape index (κ2) is 7.21. The van der Waals surface area contributed by atoms with Gasteiger partial charge in [-0.2, -0.15) is 0 Å². The number of methoxy groups -OCH3 is 1. The van der Waals surface area contributed by atoms with Gasteiger partial charge in [0.05, 0.1) is 22.5 Å². The van der Waals surface area contributed by atoms with Crippen LogP contribution in [0.2, 0.25) is 0 Å². The third-order valence-electron chi connectivity index (χ3n) is 5.68. The first-order valence-corrected chi connectivity index (χ1v) is 12.8. The fraction of sp³-hybridized carbons (Fsp3) is 0.895. The van der Waals surface area contributed by atoms with E-state index >= 15 is 0 Å². The zero-order chi connectivity index (χ0) is 23.4. The average molecular weight is 455 g/mol. The number of sulfone groups is 2. The van der Waals surface area contributed by atoms with E-state index in [1.165, 1.54) is 20.8 Å². The number of ether oxygens (including phenoxy) is 2. The van der Waals surface area contributed by atoms with Crippen molar-refractivity contribution in [1.82, 2.24) is 0 Å². The molecular weight excluding hydrogens is 420 g/mol. The zero-order valence-corrected chi connectivity index (χ0v) is 20.6. The Morgan fingerprint density at radius 2 is 1.45 bits per heavy atom. The van der Waals surface area contributed by atoms with E-state index in [2.05, 4.69) is 0 Å². The van der Waals surface area contributed by atoms with Crippen molar-refractivity contribution in [2.45, 2.75) is 82.2 Å². The van der Waals surface area contributed by atoms with Gasteiger partial charge in [0.2, 0.25) is 0 Å². The Morgan fingerprint density at radius 1 is 1.00 bits per heavy atom. The van der Waals surface area contributed by atoms with Crippen molar-refractivity contribution >= 4 is 31.6 Å². The minimum atomic E-state index is -4.16. The largest absolute Gasteiger partial charge is 0.469 e. The van der Waals surface area contributed by atoms with Gasteiger partial charge in [-0.05, 0) is 48.0 Å². The molecule has 29 heavy (non-hydrogen) atoms. The molecule has 3 unspecified atom stereocenters. The van der Waals surface area contributed by atoms with Gasteiger partial charge in [0.1, 0.15) is 5.60 Å². The topological polar surface area (TPSA) is 121 Å². The summed E-state index contributed by atoms with van der Waals surface area (Å²) >= 11 is 0. The molecule has 0 N–H and O–H groups in total. The fourth-order valence-electron chi connectivity index (χ4n) is 4.03. The Labute approximate surface area is 174 Å². The van der Waals surface area contributed by atoms with Crippen molar-refractivity contribution in [3.05, 3.63) is 0 Å². The van der Waals surface area contributed by atoms with Crippen molar-refractivity contribution in [3.8, 4) is 0 Å². The van der Waals surface area contributed by atoms with Crippen LogP contribution in [-0.2, 0) is 38.7 Å². The maximum absolute atomic E-state index is 13.3. The molecule has 170 valence electrons. The van der Waals surface area contributed by atoms with Crippen LogP contribution in [0.3, 0.4) is 0 Å². The quantitative estimate of drug-likeness (QED) is 0.558. The standard InChI is InChI=1S/C19H34O8S2/c1-16(2,3)27-14(20)12(29(24,25)17(4,5)6)11-19(28(10,22)23)13(15(21)26-9)18(19,7)8/h12-13H,11H2,1-10H3. The lowest BCUT2D eigenvalue weighted by Crippen LogP contribution is -2.48. The van der Waals surface area contributed by atoms with Crippen LogP contribution in [0.15, 0.2) is 0 Å². The molecule has 0 aromatic heterocycles. The van der Waals surface area contributed by atoms with Crippen LogP contribution in [-0.4, -0.2) is 62.5 Å². The van der Waals surface area contributed by atoms with Crippen molar-refractivity contribution < 1.29 is 35.9 Å². The minimum absolute atomic E-state index is 0.576. The van der Waals surface area contributed by atoms with Crippen molar-refractivity contribution in [2.75, 3.05) is 13.4 Å². The summed E-state index contributed by atoms with van der Waals surface area (Å²) in [5.41, 5.74) is -2.08. The van der Waals surface area contributed by atoms with Crippen LogP contribution in [0.1, 0.15) is 61.8 Å². The van der Waals surface area contributed by atoms with Crippen LogP contribution in [0, 0.1) is 11.3 Å². The van der Waals surface area contributed by atoms with E-state index in [0.29, 0.717) is 0 Å². The number of hydrogen-bond acceptors (Lipinski definition) is 8. The molecule has 0 aliphatic heterocycles. The van der Waals surface area contributed by atoms with Gasteiger partial charge in [0.15, 0.2) is 24.9 Å². The Balaban J connectivity index is 3.66. The lowest BCUT2D eigenvalue weighted by atomic mass is 10.0. The monoisotopic (exact) mass is 454 g/mol. The molecule has 1 aliphatic carbocycles. The molecule has 1 rings (SSSR count). The molecule has 0 amide bonds. The summed E-state index contributed by atoms with van der Waals surface area (Å²) in [5, 5.41) is -1.75. The Kier molecular flexibility index (Phi) is 6.44. The first-order chi connectivity index (χ1) is 12.6. The molecule has 1 fully saturated rings. The molecule has 1 aliphatic rings. The van der Waals surface area contributed by atoms with Gasteiger partial charge >= 0.3 is 11.9 Å². The Hall–Kier alpha value is -1.16. The number of carbonyl (C=O) groups is 2. The Bertz CT molecular complexity index is 885. The second-order valence-corrected chi connectivity index (χ2v) is 15.4. The summed E-state index contributed by atoms with van der Waals surface area (Å²) in [5.74, 6) is -2.87. The van der Waals surface area contributed by atoms with Crippen LogP contribution in [0.5, 0.6) is 0 Å². The van der Waals surface area contributed by atoms with Crippen molar-refractivity contribution in [3.63, 3.8) is 0 Å². The highest BCUT2D eigenvalue weighted by Crippen LogP contribution is 2.69. The number of hydrogen-bond donors (Lipinski definition) is 0. The molecule has 0 radical (unpaired) electrons. The molecule has 0 spiro atoms. The minimum Gasteiger partial charge on any atom is -0.469 e. The SMILES string of the molecule is COC(=O)C1C(C)(C)C1(CC(C(=O)OC(C)(C)C)S(=O)(=O)C(C)(C)C)S(C)(=O)=O. The predicted octanol–water partition coefficient (Wildman–Crippen LogP) is 1.91. The molecule has 1 saturated carbocycles. The molecule has 0 aromatic rings. The maximum atomic E-state index is 13.3. The van der Waals surface area contributed by atoms with Crippen LogP contribution in [0.25, 0.3) is 0 Å². The smallest absolute Gasteiger partial charge is 0.324 e. The first-order valence-electron chi connectivity index (χ1n) is 9.31. The van der Waals surface area contributed by atoms with Gasteiger partial charge in [0, 0.05) is 11.7 Å². The summed E-state index contributed by atoms with van der Waals surface area (Å²) in [6.07, 6.45) is 0.376. The van der Waals surface area contributed by atoms with Gasteiger partial charge in [-0.3, -0.25) is 9.59 Å². The molecule has 0 bridgehead atoms. The van der Waals surface area contributed by atoms with E-state index < -0.39 is 69.7 Å². The number of carbonyl (C=O) groups excluding carboxylic acids is 2. The van der Waals surface area contributed by atoms with E-state index in [1.54, 1.807) is 34.6 Å². The van der Waals surface area contributed by atoms with Gasteiger partial charge in [0.25, 0.3) is 0 Å². The lowest BCUT2D eigenvalue weighted by molar-refractivity contribution is -0.154. The first kappa shape index (κ1) is 25.9. The van der Waals surface area contributed by atoms with Crippen LogP contribution in [0.4, 0.5) is 0 Å². The van der Waals surface area contributed by atoms with E-state index in [4.69, 9.17) is 9.47 Å². The highest BCUT2D eigenvalue weighted by atomic mass is 32.2. The van der Waals surface area contributed by atoms with Gasteiger partial charge in [-0.25, -0.2) is 16.8 Å². The maximum Gasteiger partial charge on any atom is 0.324 e. The van der Waals surface area contributed by atoms with Gasteiger partial charge in [-0.1, -0.05) is 13.8 Å². The third-order valence-corrected chi connectivity index (χ3v) is 10.7. The third kappa shape index (κ3) is 4.33. The molecule has 0 heterocycles. The molecule has 10 heteroatoms. The second-order valence-electron chi connectivity index (χ2n) is 10.2. The summed E-state index contributed by atoms with van der Waals surface area (Å²) in [7, 11) is -6.98. The summed E-state index contributed by atoms with van der Waals surface area (Å²) in [6, 6.07) is 0. The predicted molar refractivity (Wildman–Crippen MR) is 110 cm³/mol. The van der Waals surface area contributed by atoms with E-state index in [9.17, 15) is 26.4 Å². The lowest BCUT2D eigenvalue weighted by Gasteiger charge is -2.31. The van der Waals surface area contributed by atoms with E-state index in [1.807, 2.05) is 0 Å². The van der Waals surface area contributed by atoms with E-state index in [0.717, 1.165) is 13.4 Å². The highest BCUT2D eigenvalue weighted by Gasteiger charge is 2.81. The molecule has 8 nitrogen and oxygen atoms in total. The van der Waals surface area contributed by atoms with Gasteiger partial charge in [-0.15, -0.1) is 0 Å². The molecule has 3 atom stereocenters. The average Bonchev–Trinajstić information content (AvgIpc) is 2.97. The molecular formula is C19H34O8S2. The fourth-order valence-corrected chi connectivity index (χ4v) is 8.08.